The topological polar surface area (TPSA) is 96.9 Å². The van der Waals surface area contributed by atoms with Crippen LogP contribution < -0.4 is 20.1 Å². The van der Waals surface area contributed by atoms with Crippen molar-refractivity contribution in [3.8, 4) is 11.5 Å². The van der Waals surface area contributed by atoms with Crippen LogP contribution >= 0.6 is 11.8 Å². The van der Waals surface area contributed by atoms with Gasteiger partial charge in [0, 0.05) is 18.3 Å². The van der Waals surface area contributed by atoms with Crippen LogP contribution in [0.3, 0.4) is 0 Å². The number of carbonyl (C=O) groups is 2. The van der Waals surface area contributed by atoms with Gasteiger partial charge in [0.2, 0.25) is 0 Å². The number of nitrogens with one attached hydrogen (secondary N) is 2. The van der Waals surface area contributed by atoms with Gasteiger partial charge in [0.1, 0.15) is 0 Å². The second kappa shape index (κ2) is 9.96. The van der Waals surface area contributed by atoms with Crippen LogP contribution in [0, 0.1) is 0 Å². The van der Waals surface area contributed by atoms with Crippen molar-refractivity contribution in [3.05, 3.63) is 18.2 Å². The first-order valence-electron chi connectivity index (χ1n) is 7.00. The summed E-state index contributed by atoms with van der Waals surface area (Å²) in [5.74, 6) is 0.136. The lowest BCUT2D eigenvalue weighted by Gasteiger charge is -2.12. The van der Waals surface area contributed by atoms with Crippen LogP contribution in [-0.4, -0.2) is 55.8 Å². The quantitative estimate of drug-likeness (QED) is 0.607. The Morgan fingerprint density at radius 3 is 2.52 bits per heavy atom. The van der Waals surface area contributed by atoms with Crippen LogP contribution in [0.15, 0.2) is 18.2 Å². The minimum atomic E-state index is -0.811. The Hall–Kier alpha value is -1.93. The average Bonchev–Trinajstić information content (AvgIpc) is 2.57. The molecule has 0 saturated heterocycles. The summed E-state index contributed by atoms with van der Waals surface area (Å²) in [6.07, 6.45) is 1.82. The van der Waals surface area contributed by atoms with Gasteiger partial charge in [-0.2, -0.15) is 11.8 Å². The number of hydrogen-bond donors (Lipinski definition) is 3. The first-order valence-corrected chi connectivity index (χ1v) is 8.39. The van der Waals surface area contributed by atoms with E-state index in [2.05, 4.69) is 10.6 Å². The summed E-state index contributed by atoms with van der Waals surface area (Å²) in [4.78, 5) is 23.5. The van der Waals surface area contributed by atoms with Crippen molar-refractivity contribution in [2.75, 3.05) is 38.1 Å². The number of hydrogen-bond acceptors (Lipinski definition) is 6. The highest BCUT2D eigenvalue weighted by atomic mass is 32.2. The van der Waals surface area contributed by atoms with Crippen LogP contribution in [0.25, 0.3) is 0 Å². The Balaban J connectivity index is 2.53. The van der Waals surface area contributed by atoms with Gasteiger partial charge >= 0.3 is 11.8 Å². The van der Waals surface area contributed by atoms with E-state index in [1.165, 1.54) is 14.2 Å². The number of aliphatic hydroxyl groups is 1. The number of rotatable bonds is 8. The normalized spacial score (nSPS) is 11.5. The summed E-state index contributed by atoms with van der Waals surface area (Å²) in [6.45, 7) is 0.0404. The fraction of sp³-hybridized carbons (Fsp3) is 0.467. The molecule has 128 valence electrons. The molecule has 0 heterocycles. The molecule has 0 radical (unpaired) electrons. The van der Waals surface area contributed by atoms with E-state index >= 15 is 0 Å². The second-order valence-electron chi connectivity index (χ2n) is 4.67. The number of aliphatic hydroxyl groups excluding tert-OH is 1. The second-order valence-corrected chi connectivity index (χ2v) is 5.65. The molecule has 0 aliphatic rings. The predicted molar refractivity (Wildman–Crippen MR) is 90.2 cm³/mol. The molecule has 23 heavy (non-hydrogen) atoms. The summed E-state index contributed by atoms with van der Waals surface area (Å²) in [7, 11) is 2.98. The number of amides is 2. The van der Waals surface area contributed by atoms with E-state index < -0.39 is 17.9 Å². The van der Waals surface area contributed by atoms with Crippen molar-refractivity contribution in [3.63, 3.8) is 0 Å². The number of anilines is 1. The van der Waals surface area contributed by atoms with Gasteiger partial charge in [-0.25, -0.2) is 0 Å². The Morgan fingerprint density at radius 2 is 1.91 bits per heavy atom. The Bertz CT molecular complexity index is 539. The standard InChI is InChI=1S/C15H22N2O5S/c1-21-12-5-4-10(8-13(12)22-2)17-15(20)14(19)16-9-11(18)6-7-23-3/h4-5,8,11,18H,6-7,9H2,1-3H3,(H,16,19)(H,17,20). The Labute approximate surface area is 139 Å². The van der Waals surface area contributed by atoms with Crippen LogP contribution in [0.4, 0.5) is 5.69 Å². The number of benzene rings is 1. The zero-order valence-electron chi connectivity index (χ0n) is 13.4. The molecule has 1 rings (SSSR count). The molecular formula is C15H22N2O5S. The lowest BCUT2D eigenvalue weighted by atomic mass is 10.2. The molecule has 0 aromatic heterocycles. The summed E-state index contributed by atoms with van der Waals surface area (Å²) >= 11 is 1.60. The third-order valence-corrected chi connectivity index (χ3v) is 3.65. The number of carbonyl (C=O) groups excluding carboxylic acids is 2. The monoisotopic (exact) mass is 342 g/mol. The molecule has 1 aromatic rings. The SMILES string of the molecule is COc1ccc(NC(=O)C(=O)NCC(O)CCSC)cc1OC. The highest BCUT2D eigenvalue weighted by molar-refractivity contribution is 7.98. The lowest BCUT2D eigenvalue weighted by Crippen LogP contribution is -2.39. The van der Waals surface area contributed by atoms with E-state index in [4.69, 9.17) is 9.47 Å². The van der Waals surface area contributed by atoms with Crippen LogP contribution in [0.1, 0.15) is 6.42 Å². The smallest absolute Gasteiger partial charge is 0.313 e. The summed E-state index contributed by atoms with van der Waals surface area (Å²) in [5, 5.41) is 14.5. The van der Waals surface area contributed by atoms with Gasteiger partial charge in [-0.05, 0) is 30.6 Å². The molecule has 0 aliphatic heterocycles. The summed E-state index contributed by atoms with van der Waals surface area (Å²) in [5.41, 5.74) is 0.408. The largest absolute Gasteiger partial charge is 0.493 e. The van der Waals surface area contributed by atoms with Gasteiger partial charge in [0.15, 0.2) is 11.5 Å². The van der Waals surface area contributed by atoms with E-state index in [-0.39, 0.29) is 6.54 Å². The zero-order chi connectivity index (χ0) is 17.2. The third kappa shape index (κ3) is 6.37. The molecule has 3 N–H and O–H groups in total. The van der Waals surface area contributed by atoms with Crippen molar-refractivity contribution in [2.24, 2.45) is 0 Å². The molecule has 0 saturated carbocycles. The molecule has 0 fully saturated rings. The molecule has 7 nitrogen and oxygen atoms in total. The maximum absolute atomic E-state index is 11.8. The van der Waals surface area contributed by atoms with E-state index in [0.29, 0.717) is 23.6 Å². The highest BCUT2D eigenvalue weighted by Gasteiger charge is 2.16. The highest BCUT2D eigenvalue weighted by Crippen LogP contribution is 2.29. The maximum Gasteiger partial charge on any atom is 0.313 e. The van der Waals surface area contributed by atoms with E-state index in [1.807, 2.05) is 6.26 Å². The van der Waals surface area contributed by atoms with Gasteiger partial charge in [-0.15, -0.1) is 0 Å². The van der Waals surface area contributed by atoms with E-state index in [9.17, 15) is 14.7 Å². The molecule has 0 aliphatic carbocycles. The molecule has 1 unspecified atom stereocenters. The van der Waals surface area contributed by atoms with E-state index in [0.717, 1.165) is 5.75 Å². The van der Waals surface area contributed by atoms with Crippen molar-refractivity contribution in [1.29, 1.82) is 0 Å². The van der Waals surface area contributed by atoms with Crippen molar-refractivity contribution in [1.82, 2.24) is 5.32 Å². The molecule has 0 spiro atoms. The predicted octanol–water partition coefficient (Wildman–Crippen LogP) is 0.872. The summed E-state index contributed by atoms with van der Waals surface area (Å²) in [6, 6.07) is 4.77. The van der Waals surface area contributed by atoms with Crippen molar-refractivity contribution >= 4 is 29.3 Å². The Morgan fingerprint density at radius 1 is 1.22 bits per heavy atom. The number of thioether (sulfide) groups is 1. The van der Waals surface area contributed by atoms with Crippen LogP contribution in [0.2, 0.25) is 0 Å². The molecular weight excluding hydrogens is 320 g/mol. The Kier molecular flexibility index (Phi) is 8.28. The van der Waals surface area contributed by atoms with Crippen LogP contribution in [0.5, 0.6) is 11.5 Å². The van der Waals surface area contributed by atoms with Gasteiger partial charge in [0.25, 0.3) is 0 Å². The lowest BCUT2D eigenvalue weighted by molar-refractivity contribution is -0.136. The van der Waals surface area contributed by atoms with Gasteiger partial charge in [-0.1, -0.05) is 0 Å². The minimum Gasteiger partial charge on any atom is -0.493 e. The van der Waals surface area contributed by atoms with Gasteiger partial charge < -0.3 is 25.2 Å². The first-order chi connectivity index (χ1) is 11.0. The molecule has 1 aromatic carbocycles. The van der Waals surface area contributed by atoms with Gasteiger partial charge in [-0.3, -0.25) is 9.59 Å². The molecule has 0 bridgehead atoms. The van der Waals surface area contributed by atoms with Crippen molar-refractivity contribution < 1.29 is 24.2 Å². The van der Waals surface area contributed by atoms with Crippen molar-refractivity contribution in [2.45, 2.75) is 12.5 Å². The fourth-order valence-corrected chi connectivity index (χ4v) is 2.26. The first kappa shape index (κ1) is 19.1. The number of ether oxygens (including phenoxy) is 2. The number of methoxy groups -OCH3 is 2. The van der Waals surface area contributed by atoms with E-state index in [1.54, 1.807) is 30.0 Å². The van der Waals surface area contributed by atoms with Gasteiger partial charge in [0.05, 0.1) is 20.3 Å². The third-order valence-electron chi connectivity index (χ3n) is 3.00. The molecule has 1 atom stereocenters. The average molecular weight is 342 g/mol. The molecule has 8 heteroatoms. The fourth-order valence-electron chi connectivity index (χ4n) is 1.75. The zero-order valence-corrected chi connectivity index (χ0v) is 14.2. The summed E-state index contributed by atoms with van der Waals surface area (Å²) < 4.78 is 10.2. The minimum absolute atomic E-state index is 0.0404. The molecule has 2 amide bonds. The maximum atomic E-state index is 11.8. The van der Waals surface area contributed by atoms with Crippen LogP contribution in [-0.2, 0) is 9.59 Å².